The zero-order valence-electron chi connectivity index (χ0n) is 21.5. The van der Waals surface area contributed by atoms with Crippen LogP contribution in [0.3, 0.4) is 0 Å². The van der Waals surface area contributed by atoms with Crippen molar-refractivity contribution < 1.29 is 0 Å². The fourth-order valence-electron chi connectivity index (χ4n) is 7.22. The number of allylic oxidation sites excluding steroid dienone is 2. The molecule has 0 spiro atoms. The molecule has 0 heteroatoms. The lowest BCUT2D eigenvalue weighted by Crippen LogP contribution is -2.25. The highest BCUT2D eigenvalue weighted by Crippen LogP contribution is 2.42. The molecule has 0 radical (unpaired) electrons. The monoisotopic (exact) mass is 444 g/mol. The van der Waals surface area contributed by atoms with E-state index in [0.29, 0.717) is 0 Å². The highest BCUT2D eigenvalue weighted by molar-refractivity contribution is 5.39. The van der Waals surface area contributed by atoms with E-state index in [1.807, 2.05) is 0 Å². The molecule has 0 N–H and O–H groups in total. The molecule has 4 rings (SSSR count). The maximum Gasteiger partial charge on any atom is 0.0249 e. The Morgan fingerprint density at radius 1 is 0.727 bits per heavy atom. The van der Waals surface area contributed by atoms with Crippen LogP contribution in [0.15, 0.2) is 36.4 Å². The van der Waals surface area contributed by atoms with Gasteiger partial charge >= 0.3 is 0 Å². The quantitative estimate of drug-likeness (QED) is 0.383. The van der Waals surface area contributed by atoms with Gasteiger partial charge in [-0.05, 0) is 123 Å². The predicted molar refractivity (Wildman–Crippen MR) is 143 cm³/mol. The predicted octanol–water partition coefficient (Wildman–Crippen LogP) is 9.69. The second-order valence-electron chi connectivity index (χ2n) is 11.6. The van der Waals surface area contributed by atoms with Gasteiger partial charge in [-0.15, -0.1) is 0 Å². The first-order valence-electron chi connectivity index (χ1n) is 14.5. The number of hydrogen-bond donors (Lipinski definition) is 0. The highest BCUT2D eigenvalue weighted by atomic mass is 14.3. The number of rotatable bonds is 6. The van der Waals surface area contributed by atoms with Crippen LogP contribution in [0.25, 0.3) is 0 Å². The number of benzene rings is 1. The second kappa shape index (κ2) is 12.8. The molecule has 0 aliphatic heterocycles. The zero-order chi connectivity index (χ0) is 22.9. The Balaban J connectivity index is 1.18. The van der Waals surface area contributed by atoms with E-state index in [1.54, 1.807) is 0 Å². The van der Waals surface area contributed by atoms with E-state index in [1.165, 1.54) is 102 Å². The first-order valence-corrected chi connectivity index (χ1v) is 14.5. The van der Waals surface area contributed by atoms with Crippen molar-refractivity contribution in [2.75, 3.05) is 0 Å². The van der Waals surface area contributed by atoms with Gasteiger partial charge in [-0.25, -0.2) is 0 Å². The molecule has 1 aromatic rings. The molecule has 0 bridgehead atoms. The maximum absolute atomic E-state index is 3.37. The summed E-state index contributed by atoms with van der Waals surface area (Å²) in [5, 5.41) is 0. The molecular formula is C33H48. The Kier molecular flexibility index (Phi) is 9.58. The molecule has 33 heavy (non-hydrogen) atoms. The summed E-state index contributed by atoms with van der Waals surface area (Å²) in [6.07, 6.45) is 26.0. The van der Waals surface area contributed by atoms with Gasteiger partial charge in [0.2, 0.25) is 0 Å². The van der Waals surface area contributed by atoms with Crippen molar-refractivity contribution in [3.05, 3.63) is 47.5 Å². The lowest BCUT2D eigenvalue weighted by molar-refractivity contribution is 0.154. The largest absolute Gasteiger partial charge is 0.0730 e. The Labute approximate surface area is 205 Å². The van der Waals surface area contributed by atoms with Crippen LogP contribution in [-0.4, -0.2) is 0 Å². The van der Waals surface area contributed by atoms with Crippen LogP contribution in [-0.2, 0) is 0 Å². The first kappa shape index (κ1) is 24.6. The second-order valence-corrected chi connectivity index (χ2v) is 11.6. The van der Waals surface area contributed by atoms with Gasteiger partial charge in [0.05, 0.1) is 0 Å². The average Bonchev–Trinajstić information content (AvgIpc) is 2.88. The minimum Gasteiger partial charge on any atom is -0.0730 e. The van der Waals surface area contributed by atoms with E-state index >= 15 is 0 Å². The molecule has 0 nitrogen and oxygen atoms in total. The van der Waals surface area contributed by atoms with E-state index in [9.17, 15) is 0 Å². The summed E-state index contributed by atoms with van der Waals surface area (Å²) in [6, 6.07) is 9.17. The van der Waals surface area contributed by atoms with E-state index < -0.39 is 0 Å². The fourth-order valence-corrected chi connectivity index (χ4v) is 7.22. The van der Waals surface area contributed by atoms with E-state index in [4.69, 9.17) is 0 Å². The van der Waals surface area contributed by atoms with Crippen molar-refractivity contribution in [1.29, 1.82) is 0 Å². The Morgan fingerprint density at radius 2 is 1.33 bits per heavy atom. The number of hydrogen-bond acceptors (Lipinski definition) is 0. The molecule has 0 heterocycles. The van der Waals surface area contributed by atoms with E-state index in [2.05, 4.69) is 62.1 Å². The molecule has 3 aliphatic carbocycles. The molecule has 0 amide bonds. The van der Waals surface area contributed by atoms with Crippen molar-refractivity contribution in [2.24, 2.45) is 29.6 Å². The minimum atomic E-state index is 0.757. The van der Waals surface area contributed by atoms with Gasteiger partial charge in [-0.1, -0.05) is 76.0 Å². The molecule has 0 saturated heterocycles. The van der Waals surface area contributed by atoms with E-state index in [0.717, 1.165) is 41.1 Å². The summed E-state index contributed by atoms with van der Waals surface area (Å²) in [4.78, 5) is 0. The lowest BCUT2D eigenvalue weighted by Gasteiger charge is -2.37. The molecule has 0 unspecified atom stereocenters. The van der Waals surface area contributed by atoms with Crippen LogP contribution in [0.2, 0.25) is 0 Å². The van der Waals surface area contributed by atoms with Crippen LogP contribution in [0, 0.1) is 41.4 Å². The molecule has 1 aromatic carbocycles. The van der Waals surface area contributed by atoms with Crippen molar-refractivity contribution in [3.8, 4) is 11.8 Å². The van der Waals surface area contributed by atoms with Crippen LogP contribution in [0.4, 0.5) is 0 Å². The van der Waals surface area contributed by atoms with Crippen molar-refractivity contribution in [1.82, 2.24) is 0 Å². The third-order valence-corrected chi connectivity index (χ3v) is 9.55. The molecule has 0 atom stereocenters. The molecular weight excluding hydrogens is 396 g/mol. The van der Waals surface area contributed by atoms with Crippen molar-refractivity contribution in [3.63, 3.8) is 0 Å². The van der Waals surface area contributed by atoms with Gasteiger partial charge in [-0.3, -0.25) is 0 Å². The standard InChI is InChI=1S/C33H48/c1-3-7-27-12-20-31(21-13-27)33-24-16-29(17-25-33)9-6-5-8-28-14-22-32(23-15-28)30-18-10-26(4-2)11-19-30/h5,8,16-17,24-28,30-32H,3-4,7,10-15,18-23H2,1-2H3/b8-5+. The summed E-state index contributed by atoms with van der Waals surface area (Å²) in [5.41, 5.74) is 2.69. The zero-order valence-corrected chi connectivity index (χ0v) is 21.5. The topological polar surface area (TPSA) is 0 Å². The van der Waals surface area contributed by atoms with E-state index in [-0.39, 0.29) is 0 Å². The first-order chi connectivity index (χ1) is 16.2. The lowest BCUT2D eigenvalue weighted by atomic mass is 9.69. The third kappa shape index (κ3) is 7.25. The fraction of sp³-hybridized carbons (Fsp3) is 0.697. The van der Waals surface area contributed by atoms with Crippen LogP contribution >= 0.6 is 0 Å². The Hall–Kier alpha value is -1.48. The van der Waals surface area contributed by atoms with Gasteiger partial charge in [0, 0.05) is 5.56 Å². The Bertz CT molecular complexity index is 764. The minimum absolute atomic E-state index is 0.757. The smallest absolute Gasteiger partial charge is 0.0249 e. The SMILES string of the molecule is CCCC1CCC(c2ccc(C#C/C=C/C3CCC(C4CCC(CC)CC4)CC3)cc2)CC1. The summed E-state index contributed by atoms with van der Waals surface area (Å²) >= 11 is 0. The van der Waals surface area contributed by atoms with Crippen LogP contribution in [0.1, 0.15) is 127 Å². The molecule has 180 valence electrons. The maximum atomic E-state index is 3.37. The van der Waals surface area contributed by atoms with Crippen molar-refractivity contribution in [2.45, 2.75) is 116 Å². The molecule has 3 aliphatic rings. The summed E-state index contributed by atoms with van der Waals surface area (Å²) in [7, 11) is 0. The summed E-state index contributed by atoms with van der Waals surface area (Å²) in [5.74, 6) is 12.3. The Morgan fingerprint density at radius 3 is 1.94 bits per heavy atom. The van der Waals surface area contributed by atoms with Crippen molar-refractivity contribution >= 4 is 0 Å². The van der Waals surface area contributed by atoms with Gasteiger partial charge in [0.25, 0.3) is 0 Å². The van der Waals surface area contributed by atoms with Gasteiger partial charge in [-0.2, -0.15) is 0 Å². The van der Waals surface area contributed by atoms with Crippen LogP contribution in [0.5, 0.6) is 0 Å². The molecule has 3 fully saturated rings. The summed E-state index contributed by atoms with van der Waals surface area (Å²) in [6.45, 7) is 4.70. The van der Waals surface area contributed by atoms with Crippen LogP contribution < -0.4 is 0 Å². The normalized spacial score (nSPS) is 32.9. The third-order valence-electron chi connectivity index (χ3n) is 9.55. The molecule has 0 aromatic heterocycles. The summed E-state index contributed by atoms with van der Waals surface area (Å²) < 4.78 is 0. The van der Waals surface area contributed by atoms with Gasteiger partial charge in [0.1, 0.15) is 0 Å². The van der Waals surface area contributed by atoms with Gasteiger partial charge < -0.3 is 0 Å². The molecule has 3 saturated carbocycles. The van der Waals surface area contributed by atoms with Gasteiger partial charge in [0.15, 0.2) is 0 Å². The highest BCUT2D eigenvalue weighted by Gasteiger charge is 2.29. The average molecular weight is 445 g/mol.